The van der Waals surface area contributed by atoms with Crippen molar-refractivity contribution in [2.45, 2.75) is 13.8 Å². The Morgan fingerprint density at radius 2 is 1.22 bits per heavy atom. The monoisotopic (exact) mass is 373 g/mol. The molecule has 2 aromatic rings. The third kappa shape index (κ3) is 8.35. The van der Waals surface area contributed by atoms with Crippen LogP contribution in [-0.2, 0) is 9.59 Å². The van der Waals surface area contributed by atoms with Crippen LogP contribution in [0.2, 0.25) is 0 Å². The van der Waals surface area contributed by atoms with Crippen molar-refractivity contribution in [1.82, 2.24) is 10.3 Å². The molecule has 3 N–H and O–H groups in total. The second-order valence-corrected chi connectivity index (χ2v) is 5.55. The topological polar surface area (TPSA) is 93.1 Å². The largest absolute Gasteiger partial charge is 0.473 e. The van der Waals surface area contributed by atoms with Gasteiger partial charge in [0.15, 0.2) is 0 Å². The third-order valence-electron chi connectivity index (χ3n) is 3.80. The predicted molar refractivity (Wildman–Crippen MR) is 106 cm³/mol. The molecule has 0 aliphatic heterocycles. The van der Waals surface area contributed by atoms with Gasteiger partial charge < -0.3 is 15.1 Å². The summed E-state index contributed by atoms with van der Waals surface area (Å²) >= 11 is 0. The van der Waals surface area contributed by atoms with Crippen molar-refractivity contribution in [3.8, 4) is 0 Å². The predicted octanol–water partition coefficient (Wildman–Crippen LogP) is 2.83. The average molecular weight is 373 g/mol. The van der Waals surface area contributed by atoms with E-state index in [-0.39, 0.29) is 0 Å². The molecule has 146 valence electrons. The van der Waals surface area contributed by atoms with Crippen LogP contribution in [0.4, 0.5) is 11.4 Å². The molecule has 0 fully saturated rings. The molecular weight excluding hydrogens is 346 g/mol. The number of nitrogens with one attached hydrogen (secondary N) is 1. The molecule has 2 aromatic carbocycles. The summed E-state index contributed by atoms with van der Waals surface area (Å²) in [5.41, 5.74) is 5.85. The number of para-hydroxylation sites is 2. The Balaban J connectivity index is 0.000000527. The first-order chi connectivity index (χ1) is 13.0. The SMILES string of the molecule is CCN(CC)CCNN(c1ccccc1)c1ccccc1.O=C(O)C(=O)O. The van der Waals surface area contributed by atoms with Gasteiger partial charge in [0.25, 0.3) is 0 Å². The number of nitrogens with zero attached hydrogens (tertiary/aromatic N) is 2. The van der Waals surface area contributed by atoms with Crippen molar-refractivity contribution in [3.63, 3.8) is 0 Å². The van der Waals surface area contributed by atoms with Gasteiger partial charge in [0, 0.05) is 13.1 Å². The van der Waals surface area contributed by atoms with Crippen LogP contribution in [-0.4, -0.2) is 53.2 Å². The van der Waals surface area contributed by atoms with E-state index in [9.17, 15) is 0 Å². The molecule has 0 heterocycles. The first kappa shape index (κ1) is 22.1. The Morgan fingerprint density at radius 1 is 0.815 bits per heavy atom. The van der Waals surface area contributed by atoms with Gasteiger partial charge in [-0.3, -0.25) is 5.01 Å². The molecule has 27 heavy (non-hydrogen) atoms. The Hall–Kier alpha value is -2.90. The molecule has 0 aliphatic rings. The lowest BCUT2D eigenvalue weighted by molar-refractivity contribution is -0.159. The van der Waals surface area contributed by atoms with Crippen molar-refractivity contribution in [2.24, 2.45) is 0 Å². The van der Waals surface area contributed by atoms with Crippen molar-refractivity contribution in [1.29, 1.82) is 0 Å². The van der Waals surface area contributed by atoms with Gasteiger partial charge in [-0.15, -0.1) is 0 Å². The number of aliphatic carboxylic acids is 2. The number of rotatable bonds is 8. The molecule has 0 saturated carbocycles. The molecule has 7 nitrogen and oxygen atoms in total. The molecule has 0 radical (unpaired) electrons. The maximum Gasteiger partial charge on any atom is 0.414 e. The summed E-state index contributed by atoms with van der Waals surface area (Å²) in [5.74, 6) is -3.65. The second kappa shape index (κ2) is 12.5. The molecule has 0 bridgehead atoms. The van der Waals surface area contributed by atoms with E-state index in [1.807, 2.05) is 12.1 Å². The maximum absolute atomic E-state index is 9.10. The molecule has 0 aliphatic carbocycles. The van der Waals surface area contributed by atoms with E-state index in [1.54, 1.807) is 0 Å². The number of carboxylic acid groups (broad SMARTS) is 2. The number of benzene rings is 2. The van der Waals surface area contributed by atoms with E-state index >= 15 is 0 Å². The van der Waals surface area contributed by atoms with Crippen molar-refractivity contribution in [2.75, 3.05) is 31.2 Å². The van der Waals surface area contributed by atoms with Gasteiger partial charge in [-0.25, -0.2) is 15.0 Å². The lowest BCUT2D eigenvalue weighted by Gasteiger charge is -2.27. The highest BCUT2D eigenvalue weighted by molar-refractivity contribution is 6.27. The normalized spacial score (nSPS) is 10.0. The highest BCUT2D eigenvalue weighted by Crippen LogP contribution is 2.22. The summed E-state index contributed by atoms with van der Waals surface area (Å²) < 4.78 is 0. The van der Waals surface area contributed by atoms with Crippen LogP contribution in [0.5, 0.6) is 0 Å². The Kier molecular flexibility index (Phi) is 10.2. The number of hydrogen-bond donors (Lipinski definition) is 3. The number of anilines is 2. The van der Waals surface area contributed by atoms with E-state index in [0.717, 1.165) is 37.6 Å². The van der Waals surface area contributed by atoms with Crippen LogP contribution in [0, 0.1) is 0 Å². The van der Waals surface area contributed by atoms with Crippen LogP contribution in [0.3, 0.4) is 0 Å². The molecular formula is C20H27N3O4. The van der Waals surface area contributed by atoms with E-state index in [0.29, 0.717) is 0 Å². The highest BCUT2D eigenvalue weighted by atomic mass is 16.4. The maximum atomic E-state index is 9.10. The van der Waals surface area contributed by atoms with Gasteiger partial charge in [-0.05, 0) is 37.4 Å². The molecule has 0 spiro atoms. The van der Waals surface area contributed by atoms with Gasteiger partial charge >= 0.3 is 11.9 Å². The summed E-state index contributed by atoms with van der Waals surface area (Å²) in [7, 11) is 0. The number of carboxylic acids is 2. The standard InChI is InChI=1S/C18H25N3.C2H2O4/c1-3-20(4-2)16-15-19-21(17-11-7-5-8-12-17)18-13-9-6-10-14-18;3-1(4)2(5)6/h5-14,19H,3-4,15-16H2,1-2H3;(H,3,4)(H,5,6). The van der Waals surface area contributed by atoms with E-state index in [2.05, 4.69) is 77.7 Å². The van der Waals surface area contributed by atoms with Crippen LogP contribution < -0.4 is 10.4 Å². The summed E-state index contributed by atoms with van der Waals surface area (Å²) in [6, 6.07) is 20.8. The Bertz CT molecular complexity index is 625. The molecule has 0 unspecified atom stereocenters. The van der Waals surface area contributed by atoms with Crippen LogP contribution >= 0.6 is 0 Å². The Morgan fingerprint density at radius 3 is 1.56 bits per heavy atom. The van der Waals surface area contributed by atoms with Gasteiger partial charge in [-0.2, -0.15) is 0 Å². The lowest BCUT2D eigenvalue weighted by Crippen LogP contribution is -2.40. The van der Waals surface area contributed by atoms with Crippen LogP contribution in [0.15, 0.2) is 60.7 Å². The summed E-state index contributed by atoms with van der Waals surface area (Å²) in [5, 5.41) is 16.9. The molecule has 7 heteroatoms. The fourth-order valence-corrected chi connectivity index (χ4v) is 2.35. The van der Waals surface area contributed by atoms with E-state index < -0.39 is 11.9 Å². The average Bonchev–Trinajstić information content (AvgIpc) is 2.70. The highest BCUT2D eigenvalue weighted by Gasteiger charge is 2.08. The van der Waals surface area contributed by atoms with Gasteiger partial charge in [0.05, 0.1) is 11.4 Å². The van der Waals surface area contributed by atoms with Crippen molar-refractivity contribution < 1.29 is 19.8 Å². The Labute approximate surface area is 159 Å². The molecule has 0 aromatic heterocycles. The van der Waals surface area contributed by atoms with Crippen molar-refractivity contribution in [3.05, 3.63) is 60.7 Å². The quantitative estimate of drug-likeness (QED) is 0.484. The zero-order valence-electron chi connectivity index (χ0n) is 15.7. The number of hydrazine groups is 1. The minimum Gasteiger partial charge on any atom is -0.473 e. The minimum absolute atomic E-state index is 0.922. The molecule has 0 amide bonds. The smallest absolute Gasteiger partial charge is 0.414 e. The van der Waals surface area contributed by atoms with Crippen LogP contribution in [0.25, 0.3) is 0 Å². The van der Waals surface area contributed by atoms with Gasteiger partial charge in [0.1, 0.15) is 0 Å². The summed E-state index contributed by atoms with van der Waals surface area (Å²) in [6.45, 7) is 8.56. The van der Waals surface area contributed by atoms with Gasteiger partial charge in [0.2, 0.25) is 0 Å². The van der Waals surface area contributed by atoms with Gasteiger partial charge in [-0.1, -0.05) is 50.2 Å². The fourth-order valence-electron chi connectivity index (χ4n) is 2.35. The third-order valence-corrected chi connectivity index (χ3v) is 3.80. The number of likely N-dealkylation sites (N-methyl/N-ethyl adjacent to an activating group) is 1. The van der Waals surface area contributed by atoms with Crippen molar-refractivity contribution >= 4 is 23.3 Å². The first-order valence-electron chi connectivity index (χ1n) is 8.81. The minimum atomic E-state index is -1.82. The second-order valence-electron chi connectivity index (χ2n) is 5.55. The van der Waals surface area contributed by atoms with Crippen LogP contribution in [0.1, 0.15) is 13.8 Å². The summed E-state index contributed by atoms with van der Waals surface area (Å²) in [4.78, 5) is 20.6. The van der Waals surface area contributed by atoms with E-state index in [1.165, 1.54) is 0 Å². The molecule has 0 atom stereocenters. The fraction of sp³-hybridized carbons (Fsp3) is 0.300. The number of hydrogen-bond acceptors (Lipinski definition) is 5. The first-order valence-corrected chi connectivity index (χ1v) is 8.81. The zero-order valence-corrected chi connectivity index (χ0v) is 15.7. The molecule has 0 saturated heterocycles. The lowest BCUT2D eigenvalue weighted by atomic mass is 10.2. The number of carbonyl (C=O) groups is 2. The zero-order chi connectivity index (χ0) is 20.1. The summed E-state index contributed by atoms with van der Waals surface area (Å²) in [6.07, 6.45) is 0. The molecule has 2 rings (SSSR count). The van der Waals surface area contributed by atoms with E-state index in [4.69, 9.17) is 19.8 Å².